The number of likely N-dealkylation sites (N-methyl/N-ethyl adjacent to an activating group) is 1. The fourth-order valence-electron chi connectivity index (χ4n) is 1.63. The van der Waals surface area contributed by atoms with Crippen LogP contribution in [0.2, 0.25) is 0 Å². The van der Waals surface area contributed by atoms with E-state index in [0.717, 1.165) is 0 Å². The van der Waals surface area contributed by atoms with Gasteiger partial charge in [0.2, 0.25) is 0 Å². The standard InChI is InChI=1S/C12H18F2N2O/c1-16(5-6-17-2)12-10(13)7-9(3-4-15)8-11(12)14/h7-8H,3-6,15H2,1-2H3. The lowest BCUT2D eigenvalue weighted by atomic mass is 10.1. The molecular formula is C12H18F2N2O. The summed E-state index contributed by atoms with van der Waals surface area (Å²) in [5.41, 5.74) is 5.90. The van der Waals surface area contributed by atoms with Crippen LogP contribution in [-0.4, -0.2) is 33.9 Å². The normalized spacial score (nSPS) is 10.6. The van der Waals surface area contributed by atoms with Gasteiger partial charge in [-0.2, -0.15) is 0 Å². The van der Waals surface area contributed by atoms with Crippen LogP contribution in [0.4, 0.5) is 14.5 Å². The number of halogens is 2. The number of anilines is 1. The Morgan fingerprint density at radius 3 is 2.35 bits per heavy atom. The molecule has 5 heteroatoms. The third-order valence-electron chi connectivity index (χ3n) is 2.52. The predicted octanol–water partition coefficient (Wildman–Crippen LogP) is 1.55. The molecule has 2 N–H and O–H groups in total. The van der Waals surface area contributed by atoms with Crippen molar-refractivity contribution >= 4 is 5.69 Å². The fraction of sp³-hybridized carbons (Fsp3) is 0.500. The van der Waals surface area contributed by atoms with Gasteiger partial charge in [-0.25, -0.2) is 8.78 Å². The van der Waals surface area contributed by atoms with Crippen LogP contribution in [-0.2, 0) is 11.2 Å². The van der Waals surface area contributed by atoms with Crippen molar-refractivity contribution in [1.82, 2.24) is 0 Å². The monoisotopic (exact) mass is 244 g/mol. The molecule has 96 valence electrons. The van der Waals surface area contributed by atoms with Gasteiger partial charge in [-0.15, -0.1) is 0 Å². The van der Waals surface area contributed by atoms with Gasteiger partial charge in [-0.05, 0) is 30.7 Å². The van der Waals surface area contributed by atoms with E-state index in [1.807, 2.05) is 0 Å². The van der Waals surface area contributed by atoms with Crippen LogP contribution in [0.5, 0.6) is 0 Å². The number of rotatable bonds is 6. The second kappa shape index (κ2) is 6.51. The van der Waals surface area contributed by atoms with E-state index in [1.165, 1.54) is 17.0 Å². The number of benzene rings is 1. The van der Waals surface area contributed by atoms with E-state index in [9.17, 15) is 8.78 Å². The second-order valence-corrected chi connectivity index (χ2v) is 3.86. The molecule has 1 aromatic carbocycles. The minimum atomic E-state index is -0.563. The Kier molecular flexibility index (Phi) is 5.31. The van der Waals surface area contributed by atoms with Gasteiger partial charge in [0.25, 0.3) is 0 Å². The van der Waals surface area contributed by atoms with Crippen LogP contribution >= 0.6 is 0 Å². The molecule has 0 unspecified atom stereocenters. The van der Waals surface area contributed by atoms with Crippen molar-refractivity contribution in [2.24, 2.45) is 5.73 Å². The number of methoxy groups -OCH3 is 1. The fourth-order valence-corrected chi connectivity index (χ4v) is 1.63. The van der Waals surface area contributed by atoms with E-state index in [2.05, 4.69) is 0 Å². The van der Waals surface area contributed by atoms with Crippen molar-refractivity contribution < 1.29 is 13.5 Å². The summed E-state index contributed by atoms with van der Waals surface area (Å²) < 4.78 is 32.4. The quantitative estimate of drug-likeness (QED) is 0.825. The van der Waals surface area contributed by atoms with Crippen molar-refractivity contribution in [1.29, 1.82) is 0 Å². The SMILES string of the molecule is COCCN(C)c1c(F)cc(CCN)cc1F. The maximum atomic E-state index is 13.7. The zero-order chi connectivity index (χ0) is 12.8. The number of hydrogen-bond acceptors (Lipinski definition) is 3. The first-order valence-electron chi connectivity index (χ1n) is 5.48. The molecular weight excluding hydrogens is 226 g/mol. The summed E-state index contributed by atoms with van der Waals surface area (Å²) >= 11 is 0. The molecule has 0 aliphatic rings. The van der Waals surface area contributed by atoms with Crippen LogP contribution < -0.4 is 10.6 Å². The molecule has 0 aliphatic heterocycles. The Balaban J connectivity index is 2.92. The highest BCUT2D eigenvalue weighted by molar-refractivity contribution is 5.50. The largest absolute Gasteiger partial charge is 0.383 e. The van der Waals surface area contributed by atoms with Gasteiger partial charge >= 0.3 is 0 Å². The Hall–Kier alpha value is -1.20. The summed E-state index contributed by atoms with van der Waals surface area (Å²) in [5, 5.41) is 0. The summed E-state index contributed by atoms with van der Waals surface area (Å²) in [4.78, 5) is 1.50. The van der Waals surface area contributed by atoms with Crippen molar-refractivity contribution in [3.05, 3.63) is 29.3 Å². The molecule has 0 bridgehead atoms. The first kappa shape index (κ1) is 13.9. The van der Waals surface area contributed by atoms with Crippen molar-refractivity contribution in [2.45, 2.75) is 6.42 Å². The molecule has 0 fully saturated rings. The molecule has 0 aromatic heterocycles. The van der Waals surface area contributed by atoms with Gasteiger partial charge in [0, 0.05) is 20.7 Å². The van der Waals surface area contributed by atoms with Gasteiger partial charge in [0.05, 0.1) is 6.61 Å². The second-order valence-electron chi connectivity index (χ2n) is 3.86. The van der Waals surface area contributed by atoms with Crippen molar-refractivity contribution in [3.8, 4) is 0 Å². The highest BCUT2D eigenvalue weighted by atomic mass is 19.1. The number of nitrogens with zero attached hydrogens (tertiary/aromatic N) is 1. The van der Waals surface area contributed by atoms with Gasteiger partial charge in [-0.1, -0.05) is 0 Å². The molecule has 1 aromatic rings. The van der Waals surface area contributed by atoms with E-state index in [1.54, 1.807) is 14.2 Å². The molecule has 0 atom stereocenters. The van der Waals surface area contributed by atoms with Crippen LogP contribution in [0.3, 0.4) is 0 Å². The first-order chi connectivity index (χ1) is 8.10. The summed E-state index contributed by atoms with van der Waals surface area (Å²) in [6.45, 7) is 1.22. The summed E-state index contributed by atoms with van der Waals surface area (Å²) in [6.07, 6.45) is 0.468. The minimum Gasteiger partial charge on any atom is -0.383 e. The van der Waals surface area contributed by atoms with Gasteiger partial charge < -0.3 is 15.4 Å². The molecule has 0 radical (unpaired) electrons. The molecule has 0 aliphatic carbocycles. The van der Waals surface area contributed by atoms with Gasteiger partial charge in [0.15, 0.2) is 0 Å². The van der Waals surface area contributed by atoms with E-state index >= 15 is 0 Å². The molecule has 1 rings (SSSR count). The maximum absolute atomic E-state index is 13.7. The smallest absolute Gasteiger partial charge is 0.149 e. The topological polar surface area (TPSA) is 38.5 Å². The zero-order valence-electron chi connectivity index (χ0n) is 10.2. The van der Waals surface area contributed by atoms with E-state index < -0.39 is 11.6 Å². The number of nitrogens with two attached hydrogens (primary N) is 1. The number of hydrogen-bond donors (Lipinski definition) is 1. The van der Waals surface area contributed by atoms with Gasteiger partial charge in [-0.3, -0.25) is 0 Å². The van der Waals surface area contributed by atoms with Crippen LogP contribution in [0.15, 0.2) is 12.1 Å². The van der Waals surface area contributed by atoms with E-state index in [-0.39, 0.29) is 5.69 Å². The Labute approximate surface area is 100 Å². The summed E-state index contributed by atoms with van der Waals surface area (Å²) in [6, 6.07) is 2.66. The molecule has 0 saturated carbocycles. The van der Waals surface area contributed by atoms with Crippen LogP contribution in [0, 0.1) is 11.6 Å². The Bertz CT molecular complexity index is 349. The molecule has 17 heavy (non-hydrogen) atoms. The highest BCUT2D eigenvalue weighted by Crippen LogP contribution is 2.24. The van der Waals surface area contributed by atoms with Gasteiger partial charge in [0.1, 0.15) is 17.3 Å². The summed E-state index contributed by atoms with van der Waals surface area (Å²) in [5.74, 6) is -1.13. The molecule has 0 heterocycles. The molecule has 3 nitrogen and oxygen atoms in total. The van der Waals surface area contributed by atoms with E-state index in [4.69, 9.17) is 10.5 Å². The Morgan fingerprint density at radius 1 is 1.29 bits per heavy atom. The lowest BCUT2D eigenvalue weighted by Crippen LogP contribution is -2.24. The maximum Gasteiger partial charge on any atom is 0.149 e. The average molecular weight is 244 g/mol. The Morgan fingerprint density at radius 2 is 1.88 bits per heavy atom. The highest BCUT2D eigenvalue weighted by Gasteiger charge is 2.14. The lowest BCUT2D eigenvalue weighted by Gasteiger charge is -2.20. The minimum absolute atomic E-state index is 0.0252. The van der Waals surface area contributed by atoms with Crippen LogP contribution in [0.25, 0.3) is 0 Å². The van der Waals surface area contributed by atoms with Crippen LogP contribution in [0.1, 0.15) is 5.56 Å². The van der Waals surface area contributed by atoms with Crippen molar-refractivity contribution in [3.63, 3.8) is 0 Å². The number of ether oxygens (including phenoxy) is 1. The average Bonchev–Trinajstić information content (AvgIpc) is 2.25. The molecule has 0 amide bonds. The zero-order valence-corrected chi connectivity index (χ0v) is 10.2. The van der Waals surface area contributed by atoms with E-state index in [0.29, 0.717) is 31.7 Å². The summed E-state index contributed by atoms with van der Waals surface area (Å²) in [7, 11) is 3.17. The molecule has 0 saturated heterocycles. The third-order valence-corrected chi connectivity index (χ3v) is 2.52. The van der Waals surface area contributed by atoms with Crippen molar-refractivity contribution in [2.75, 3.05) is 38.8 Å². The third kappa shape index (κ3) is 3.64. The molecule has 0 spiro atoms. The lowest BCUT2D eigenvalue weighted by molar-refractivity contribution is 0.206. The predicted molar refractivity (Wildman–Crippen MR) is 64.3 cm³/mol. The first-order valence-corrected chi connectivity index (χ1v) is 5.48.